The van der Waals surface area contributed by atoms with E-state index in [9.17, 15) is 102 Å². The second kappa shape index (κ2) is 59.0. The normalized spacial score (nSPS) is 24.8. The first kappa shape index (κ1) is 126. The maximum atomic E-state index is 14.3. The summed E-state index contributed by atoms with van der Waals surface area (Å²) in [6.45, 7) is 35.1. The molecule has 808 valence electrons. The summed E-state index contributed by atoms with van der Waals surface area (Å²) in [7, 11) is 5.57. The van der Waals surface area contributed by atoms with Crippen LogP contribution in [0.4, 0.5) is 21.0 Å². The van der Waals surface area contributed by atoms with Gasteiger partial charge >= 0.3 is 35.5 Å². The zero-order valence-corrected chi connectivity index (χ0v) is 90.6. The number of nitrogens with one attached hydrogen (secondary N) is 6. The van der Waals surface area contributed by atoms with E-state index in [-0.39, 0.29) is 84.4 Å². The fourth-order valence-electron chi connectivity index (χ4n) is 15.1. The average Bonchev–Trinajstić information content (AvgIpc) is 0.861. The van der Waals surface area contributed by atoms with Crippen LogP contribution in [0.5, 0.6) is 11.5 Å². The molecule has 2 aliphatic heterocycles. The second-order valence-electron chi connectivity index (χ2n) is 38.7. The van der Waals surface area contributed by atoms with Crippen molar-refractivity contribution in [2.24, 2.45) is 35.5 Å². The summed E-state index contributed by atoms with van der Waals surface area (Å²) in [6.07, 6.45) is -1.14. The first-order chi connectivity index (χ1) is 68.5. The molecular weight excluding hydrogens is 1970 g/mol. The van der Waals surface area contributed by atoms with Crippen LogP contribution < -0.4 is 41.4 Å². The highest BCUT2D eigenvalue weighted by atomic mass is 35.5. The lowest BCUT2D eigenvalue weighted by atomic mass is 9.90. The van der Waals surface area contributed by atoms with Crippen LogP contribution in [0.3, 0.4) is 0 Å². The summed E-state index contributed by atoms with van der Waals surface area (Å²) in [5, 5.41) is 49.8. The lowest BCUT2D eigenvalue weighted by molar-refractivity contribution is -0.385. The van der Waals surface area contributed by atoms with E-state index in [1.54, 1.807) is 130 Å². The Labute approximate surface area is 873 Å². The molecule has 2 unspecified atom stereocenters. The fourth-order valence-corrected chi connectivity index (χ4v) is 15.4. The summed E-state index contributed by atoms with van der Waals surface area (Å²) in [6, 6.07) is 15.9. The van der Waals surface area contributed by atoms with Gasteiger partial charge in [0.15, 0.2) is 12.2 Å². The van der Waals surface area contributed by atoms with E-state index in [2.05, 4.69) is 36.6 Å². The number of rotatable bonds is 19. The number of carbonyl (C=O) groups is 16. The number of non-ortho nitro benzene ring substituents is 2. The first-order valence-corrected chi connectivity index (χ1v) is 49.4. The molecule has 0 fully saturated rings. The molecule has 2 aliphatic rings. The van der Waals surface area contributed by atoms with Crippen LogP contribution in [0.25, 0.3) is 0 Å². The molecular formula is C104H143Cl3N12O28. The van der Waals surface area contributed by atoms with Crippen molar-refractivity contribution in [2.45, 2.75) is 288 Å². The van der Waals surface area contributed by atoms with Gasteiger partial charge in [0.1, 0.15) is 77.1 Å². The molecule has 0 radical (unpaired) electrons. The summed E-state index contributed by atoms with van der Waals surface area (Å²) in [5.41, 5.74) is -2.09. The summed E-state index contributed by atoms with van der Waals surface area (Å²) >= 11 is 17.2. The van der Waals surface area contributed by atoms with Gasteiger partial charge in [0.25, 0.3) is 23.2 Å². The number of halogens is 3. The van der Waals surface area contributed by atoms with Crippen LogP contribution in [0.2, 0.25) is 10.0 Å². The Morgan fingerprint density at radius 3 is 1.17 bits per heavy atom. The Balaban J connectivity index is 0.000000549. The number of nitro benzene ring substituents is 2. The predicted molar refractivity (Wildman–Crippen MR) is 548 cm³/mol. The van der Waals surface area contributed by atoms with E-state index in [1.807, 2.05) is 27.7 Å². The van der Waals surface area contributed by atoms with E-state index in [0.29, 0.717) is 45.2 Å². The molecule has 43 heteroatoms. The number of esters is 4. The number of nitrogens with zero attached hydrogens (tertiary/aromatic N) is 6. The third-order valence-electron chi connectivity index (χ3n) is 25.0. The SMILES string of the molecule is C/C=C(\C)[C@H]1OC(=O)C(C)(C)NC(=O)[C@H](C(C)CC)NC(=O)CN(C)C(=O)[C@@H](Cc2ccc(Cl)cc2)N(C)C(=O)[C@H](C)NC(=O)[C@@H](CC(C)C)OC(=O)/C(C)=C/C[C@H](O)[C@@H]1C.C/C=C(\C)[C@H]1OC(=O)C(C)(C)NC(=O)[C@H](C(C)CC)NC(=O)CN(C)C(=O)[C@@H](Cc2ccc(Cl)cc2)N(C)C(=O)[C@H](C)NC(=O)[C@@H](CC(C)C)OC(=O)/C(C)=C/C[C@H](OC(=O)Oc2ccc([N+](=O)[O-])cc2)[C@@H]1C.O=C(Cl)Oc1ccc([N+](=O)[O-])cc1. The van der Waals surface area contributed by atoms with Crippen molar-refractivity contribution in [1.29, 1.82) is 0 Å². The lowest BCUT2D eigenvalue weighted by Gasteiger charge is -2.35. The molecule has 0 aliphatic carbocycles. The summed E-state index contributed by atoms with van der Waals surface area (Å²) < 4.78 is 39.2. The standard InChI is InChI=1S/C52H71ClN6O14.C45H68ClN5O10.C7H4ClNO4/c1-14-30(5)43-46(62)56-52(10,11)50(66)73-44(31(6)15-2)33(8)40(72-51(67)70-38-23-21-37(22-24-38)59(68)69)25-16-32(7)49(65)71-41(26-29(3)4)45(61)54-34(9)47(63)58(13)39(27-35-17-19-36(53)20-18-35)48(64)57(12)28-42(60)55-43;1-14-26(5)37-40(55)49-45(10,11)44(59)61-38(27(6)15-2)29(8)34(52)21-16-28(7)43(58)60-35(22-25(3)4)39(54)47-30(9)41(56)51(13)33(23-31-17-19-32(46)20-18-31)42(57)50(12)24-36(53)48-37;8-7(10)13-6-3-1-5(2-4-6)9(11)12/h15-24,29-30,33-34,39-41,43-44H,14,25-28H2,1-13H3,(H,54,61)(H,55,60)(H,56,62);15-20,25-26,29-30,33-35,37-38,52H,14,21-24H2,1-13H3,(H,47,54)(H,48,53)(H,49,55);1-4H/b31-15+,32-16+;27-15+,28-16+;/t30?,33-,34-,39+,40-,41+,43-,44+;26?,29-,30-,33+,34-,35+,37-,38+;/m00./s1. The highest BCUT2D eigenvalue weighted by Crippen LogP contribution is 2.32. The van der Waals surface area contributed by atoms with Crippen molar-refractivity contribution in [3.05, 3.63) is 185 Å². The van der Waals surface area contributed by atoms with Gasteiger partial charge in [-0.05, 0) is 197 Å². The maximum Gasteiger partial charge on any atom is 0.514 e. The minimum Gasteiger partial charge on any atom is -0.456 e. The van der Waals surface area contributed by atoms with Gasteiger partial charge < -0.3 is 89.8 Å². The van der Waals surface area contributed by atoms with E-state index < -0.39 is 225 Å². The van der Waals surface area contributed by atoms with E-state index in [0.717, 1.165) is 26.8 Å². The predicted octanol–water partition coefficient (Wildman–Crippen LogP) is 13.0. The topological polar surface area (TPSA) is 529 Å². The first-order valence-electron chi connectivity index (χ1n) is 48.3. The molecule has 4 aromatic rings. The van der Waals surface area contributed by atoms with Gasteiger partial charge in [-0.15, -0.1) is 0 Å². The minimum atomic E-state index is -1.73. The number of benzene rings is 4. The van der Waals surface area contributed by atoms with Gasteiger partial charge in [-0.1, -0.05) is 154 Å². The maximum absolute atomic E-state index is 14.3. The van der Waals surface area contributed by atoms with Gasteiger partial charge in [-0.3, -0.25) is 68.2 Å². The number of hydrogen-bond donors (Lipinski definition) is 7. The van der Waals surface area contributed by atoms with Crippen LogP contribution in [-0.4, -0.2) is 254 Å². The Morgan fingerprint density at radius 1 is 0.503 bits per heavy atom. The van der Waals surface area contributed by atoms with Crippen LogP contribution in [0.15, 0.2) is 144 Å². The molecule has 147 heavy (non-hydrogen) atoms. The Kier molecular flexibility index (Phi) is 50.6. The quantitative estimate of drug-likeness (QED) is 0.00872. The molecule has 2 heterocycles. The van der Waals surface area contributed by atoms with Crippen molar-refractivity contribution in [1.82, 2.24) is 51.5 Å². The van der Waals surface area contributed by atoms with Crippen LogP contribution >= 0.6 is 34.8 Å². The summed E-state index contributed by atoms with van der Waals surface area (Å²) in [4.78, 5) is 243. The molecule has 10 amide bonds. The molecule has 0 spiro atoms. The van der Waals surface area contributed by atoms with Gasteiger partial charge in [0.05, 0.1) is 29.0 Å². The number of likely N-dealkylation sites (N-methyl/N-ethyl adjacent to an activating group) is 4. The third-order valence-corrected chi connectivity index (χ3v) is 25.5. The Bertz CT molecular complexity index is 5420. The molecule has 0 bridgehead atoms. The number of hydrogen-bond acceptors (Lipinski definition) is 28. The van der Waals surface area contributed by atoms with Crippen molar-refractivity contribution in [3.63, 3.8) is 0 Å². The number of ether oxygens (including phenoxy) is 7. The van der Waals surface area contributed by atoms with E-state index >= 15 is 0 Å². The molecule has 6 rings (SSSR count). The number of aliphatic hydroxyl groups is 1. The van der Waals surface area contributed by atoms with Crippen molar-refractivity contribution in [3.8, 4) is 11.5 Å². The van der Waals surface area contributed by atoms with Gasteiger partial charge in [-0.2, -0.15) is 0 Å². The zero-order chi connectivity index (χ0) is 111. The largest absolute Gasteiger partial charge is 0.514 e. The highest BCUT2D eigenvalue weighted by molar-refractivity contribution is 6.61. The lowest BCUT2D eigenvalue weighted by Crippen LogP contribution is -2.60. The van der Waals surface area contributed by atoms with Crippen molar-refractivity contribution >= 4 is 141 Å². The minimum absolute atomic E-state index is 0.00726. The van der Waals surface area contributed by atoms with Crippen LogP contribution in [0, 0.1) is 55.7 Å². The van der Waals surface area contributed by atoms with E-state index in [1.165, 1.54) is 137 Å². The van der Waals surface area contributed by atoms with Crippen LogP contribution in [0.1, 0.15) is 202 Å². The van der Waals surface area contributed by atoms with Crippen molar-refractivity contribution in [2.75, 3.05) is 41.3 Å². The number of amides is 10. The smallest absolute Gasteiger partial charge is 0.456 e. The van der Waals surface area contributed by atoms with Crippen LogP contribution in [-0.2, 0) is 104 Å². The molecule has 4 aromatic carbocycles. The van der Waals surface area contributed by atoms with Crippen molar-refractivity contribution < 1.29 is 125 Å². The molecule has 16 atom stereocenters. The molecule has 0 saturated heterocycles. The van der Waals surface area contributed by atoms with Gasteiger partial charge in [0.2, 0.25) is 47.3 Å². The monoisotopic (exact) mass is 2110 g/mol. The second-order valence-corrected chi connectivity index (χ2v) is 39.9. The zero-order valence-electron chi connectivity index (χ0n) is 88.3. The average molecular weight is 2120 g/mol. The number of nitro groups is 2. The van der Waals surface area contributed by atoms with Gasteiger partial charge in [0, 0.05) is 116 Å². The molecule has 0 aromatic heterocycles. The Morgan fingerprint density at radius 2 is 0.844 bits per heavy atom. The molecule has 7 N–H and O–H groups in total. The van der Waals surface area contributed by atoms with Gasteiger partial charge in [-0.25, -0.2) is 28.8 Å². The third kappa shape index (κ3) is 39.8. The van der Waals surface area contributed by atoms with E-state index in [4.69, 9.17) is 63.2 Å². The highest BCUT2D eigenvalue weighted by Gasteiger charge is 2.45. The fraction of sp³-hybridized carbons (Fsp3) is 0.538. The Hall–Kier alpha value is -13.2. The molecule has 40 nitrogen and oxygen atoms in total. The number of allylic oxidation sites excluding steroid dienone is 2. The molecule has 0 saturated carbocycles. The number of aliphatic hydroxyl groups excluding tert-OH is 1. The number of carbonyl (C=O) groups excluding carboxylic acids is 16. The summed E-state index contributed by atoms with van der Waals surface area (Å²) in [5.74, 6) is -12.9. The number of cyclic esters (lactones) is 4.